The van der Waals surface area contributed by atoms with E-state index in [1.165, 1.54) is 36.8 Å². The Hall–Kier alpha value is -3.26. The van der Waals surface area contributed by atoms with E-state index in [0.717, 1.165) is 21.6 Å². The van der Waals surface area contributed by atoms with Crippen LogP contribution in [0.25, 0.3) is 15.9 Å². The number of benzene rings is 1. The number of aromatic nitrogens is 3. The number of hydrogen-bond donors (Lipinski definition) is 1. The van der Waals surface area contributed by atoms with Crippen molar-refractivity contribution in [3.05, 3.63) is 65.0 Å². The molecule has 1 N–H and O–H groups in total. The second-order valence-electron chi connectivity index (χ2n) is 5.85. The molecule has 3 aromatic heterocycles. The summed E-state index contributed by atoms with van der Waals surface area (Å²) < 4.78 is 19.9. The SMILES string of the molecule is COc1ccc(NC(=O)c2cc3c(C)nn(-c4ccc(F)cc4)c3s2)cn1. The van der Waals surface area contributed by atoms with Crippen LogP contribution in [0.5, 0.6) is 5.88 Å². The Morgan fingerprint density at radius 2 is 2.00 bits per heavy atom. The molecule has 8 heteroatoms. The molecule has 3 heterocycles. The van der Waals surface area contributed by atoms with Gasteiger partial charge in [0.15, 0.2) is 0 Å². The zero-order valence-corrected chi connectivity index (χ0v) is 15.4. The third kappa shape index (κ3) is 3.26. The zero-order chi connectivity index (χ0) is 19.0. The van der Waals surface area contributed by atoms with Gasteiger partial charge in [0.1, 0.15) is 10.6 Å². The standard InChI is InChI=1S/C19H15FN4O2S/c1-11-15-9-16(18(25)22-13-5-8-17(26-2)21-10-13)27-19(15)24(23-11)14-6-3-12(20)4-7-14/h3-10H,1-2H3,(H,22,25). The number of thiophene rings is 1. The minimum absolute atomic E-state index is 0.228. The molecule has 4 aromatic rings. The number of carbonyl (C=O) groups excluding carboxylic acids is 1. The van der Waals surface area contributed by atoms with Crippen LogP contribution in [0, 0.1) is 12.7 Å². The van der Waals surface area contributed by atoms with Gasteiger partial charge in [-0.3, -0.25) is 4.79 Å². The Bertz CT molecular complexity index is 1120. The van der Waals surface area contributed by atoms with Crippen LogP contribution in [0.15, 0.2) is 48.7 Å². The van der Waals surface area contributed by atoms with E-state index in [0.29, 0.717) is 16.4 Å². The van der Waals surface area contributed by atoms with Gasteiger partial charge in [0.05, 0.1) is 35.3 Å². The minimum atomic E-state index is -0.307. The van der Waals surface area contributed by atoms with Crippen molar-refractivity contribution in [2.24, 2.45) is 0 Å². The third-order valence-corrected chi connectivity index (χ3v) is 5.15. The summed E-state index contributed by atoms with van der Waals surface area (Å²) in [6.45, 7) is 1.88. The first-order valence-electron chi connectivity index (χ1n) is 8.11. The van der Waals surface area contributed by atoms with Crippen molar-refractivity contribution in [1.29, 1.82) is 0 Å². The monoisotopic (exact) mass is 382 g/mol. The summed E-state index contributed by atoms with van der Waals surface area (Å²) in [5.41, 5.74) is 2.12. The lowest BCUT2D eigenvalue weighted by Crippen LogP contribution is -2.10. The number of nitrogens with zero attached hydrogens (tertiary/aromatic N) is 3. The van der Waals surface area contributed by atoms with Gasteiger partial charge >= 0.3 is 0 Å². The number of nitrogens with one attached hydrogen (secondary N) is 1. The zero-order valence-electron chi connectivity index (χ0n) is 14.6. The van der Waals surface area contributed by atoms with Crippen molar-refractivity contribution in [1.82, 2.24) is 14.8 Å². The summed E-state index contributed by atoms with van der Waals surface area (Å²) in [6, 6.07) is 11.3. The summed E-state index contributed by atoms with van der Waals surface area (Å²) in [5.74, 6) is -0.0590. The van der Waals surface area contributed by atoms with E-state index in [1.807, 2.05) is 13.0 Å². The lowest BCUT2D eigenvalue weighted by Gasteiger charge is -2.04. The summed E-state index contributed by atoms with van der Waals surface area (Å²) >= 11 is 1.33. The Kier molecular flexibility index (Phi) is 4.33. The molecular formula is C19H15FN4O2S. The quantitative estimate of drug-likeness (QED) is 0.575. The molecule has 0 bridgehead atoms. The number of fused-ring (bicyclic) bond motifs is 1. The molecule has 1 aromatic carbocycles. The van der Waals surface area contributed by atoms with Crippen LogP contribution < -0.4 is 10.1 Å². The van der Waals surface area contributed by atoms with Crippen LogP contribution in [0.2, 0.25) is 0 Å². The van der Waals surface area contributed by atoms with Crippen LogP contribution >= 0.6 is 11.3 Å². The van der Waals surface area contributed by atoms with Crippen LogP contribution in [0.3, 0.4) is 0 Å². The van der Waals surface area contributed by atoms with Gasteiger partial charge in [-0.2, -0.15) is 5.10 Å². The molecule has 27 heavy (non-hydrogen) atoms. The first-order chi connectivity index (χ1) is 13.0. The molecule has 0 fully saturated rings. The number of ether oxygens (including phenoxy) is 1. The molecule has 0 aliphatic heterocycles. The van der Waals surface area contributed by atoms with Crippen LogP contribution in [-0.4, -0.2) is 27.8 Å². The predicted molar refractivity (Wildman–Crippen MR) is 102 cm³/mol. The number of anilines is 1. The minimum Gasteiger partial charge on any atom is -0.481 e. The van der Waals surface area contributed by atoms with Gasteiger partial charge in [-0.25, -0.2) is 14.1 Å². The van der Waals surface area contributed by atoms with Crippen molar-refractivity contribution >= 4 is 33.1 Å². The Labute approximate surface area is 158 Å². The van der Waals surface area contributed by atoms with Gasteiger partial charge < -0.3 is 10.1 Å². The smallest absolute Gasteiger partial charge is 0.265 e. The number of aryl methyl sites for hydroxylation is 1. The molecule has 6 nitrogen and oxygen atoms in total. The van der Waals surface area contributed by atoms with Gasteiger partial charge in [0.25, 0.3) is 5.91 Å². The van der Waals surface area contributed by atoms with E-state index in [-0.39, 0.29) is 11.7 Å². The number of halogens is 1. The Morgan fingerprint density at radius 3 is 2.67 bits per heavy atom. The summed E-state index contributed by atoms with van der Waals surface area (Å²) in [5, 5.41) is 8.21. The normalized spacial score (nSPS) is 10.9. The number of hydrogen-bond acceptors (Lipinski definition) is 5. The maximum Gasteiger partial charge on any atom is 0.265 e. The number of rotatable bonds is 4. The number of methoxy groups -OCH3 is 1. The second-order valence-corrected chi connectivity index (χ2v) is 6.88. The van der Waals surface area contributed by atoms with Crippen molar-refractivity contribution in [3.63, 3.8) is 0 Å². The molecule has 136 valence electrons. The summed E-state index contributed by atoms with van der Waals surface area (Å²) in [4.78, 5) is 18.1. The van der Waals surface area contributed by atoms with E-state index in [9.17, 15) is 9.18 Å². The number of amides is 1. The highest BCUT2D eigenvalue weighted by molar-refractivity contribution is 7.20. The van der Waals surface area contributed by atoms with E-state index in [1.54, 1.807) is 28.9 Å². The first-order valence-corrected chi connectivity index (χ1v) is 8.93. The van der Waals surface area contributed by atoms with Gasteiger partial charge in [0.2, 0.25) is 5.88 Å². The molecule has 1 amide bonds. The van der Waals surface area contributed by atoms with Gasteiger partial charge in [-0.15, -0.1) is 11.3 Å². The topological polar surface area (TPSA) is 69.0 Å². The largest absolute Gasteiger partial charge is 0.481 e. The summed E-state index contributed by atoms with van der Waals surface area (Å²) in [7, 11) is 1.53. The van der Waals surface area contributed by atoms with E-state index < -0.39 is 0 Å². The molecule has 0 saturated heterocycles. The van der Waals surface area contributed by atoms with Crippen molar-refractivity contribution in [2.75, 3.05) is 12.4 Å². The fourth-order valence-electron chi connectivity index (χ4n) is 2.68. The van der Waals surface area contributed by atoms with Crippen LogP contribution in [-0.2, 0) is 0 Å². The third-order valence-electron chi connectivity index (χ3n) is 4.04. The van der Waals surface area contributed by atoms with E-state index in [2.05, 4.69) is 15.4 Å². The molecule has 0 atom stereocenters. The molecule has 0 unspecified atom stereocenters. The van der Waals surface area contributed by atoms with E-state index >= 15 is 0 Å². The fraction of sp³-hybridized carbons (Fsp3) is 0.105. The fourth-order valence-corrected chi connectivity index (χ4v) is 3.76. The highest BCUT2D eigenvalue weighted by Gasteiger charge is 2.17. The Balaban J connectivity index is 1.65. The summed E-state index contributed by atoms with van der Waals surface area (Å²) in [6.07, 6.45) is 1.54. The maximum atomic E-state index is 13.2. The average Bonchev–Trinajstić information content (AvgIpc) is 3.24. The molecule has 0 aliphatic carbocycles. The number of carbonyl (C=O) groups is 1. The highest BCUT2D eigenvalue weighted by Crippen LogP contribution is 2.31. The van der Waals surface area contributed by atoms with Gasteiger partial charge in [0, 0.05) is 11.5 Å². The van der Waals surface area contributed by atoms with Crippen LogP contribution in [0.1, 0.15) is 15.4 Å². The average molecular weight is 382 g/mol. The van der Waals surface area contributed by atoms with Crippen molar-refractivity contribution < 1.29 is 13.9 Å². The highest BCUT2D eigenvalue weighted by atomic mass is 32.1. The van der Waals surface area contributed by atoms with Crippen molar-refractivity contribution in [3.8, 4) is 11.6 Å². The van der Waals surface area contributed by atoms with Crippen molar-refractivity contribution in [2.45, 2.75) is 6.92 Å². The van der Waals surface area contributed by atoms with Gasteiger partial charge in [-0.05, 0) is 43.3 Å². The second kappa shape index (κ2) is 6.81. The molecule has 0 aliphatic rings. The van der Waals surface area contributed by atoms with Gasteiger partial charge in [-0.1, -0.05) is 0 Å². The molecular weight excluding hydrogens is 367 g/mol. The Morgan fingerprint density at radius 1 is 1.22 bits per heavy atom. The molecule has 4 rings (SSSR count). The maximum absolute atomic E-state index is 13.2. The molecule has 0 spiro atoms. The first kappa shape index (κ1) is 17.2. The van der Waals surface area contributed by atoms with E-state index in [4.69, 9.17) is 4.74 Å². The lowest BCUT2D eigenvalue weighted by molar-refractivity contribution is 0.103. The number of pyridine rings is 1. The molecule has 0 radical (unpaired) electrons. The predicted octanol–water partition coefficient (Wildman–Crippen LogP) is 4.19. The molecule has 0 saturated carbocycles. The lowest BCUT2D eigenvalue weighted by atomic mass is 10.3. The van der Waals surface area contributed by atoms with Crippen LogP contribution in [0.4, 0.5) is 10.1 Å².